The third-order valence-corrected chi connectivity index (χ3v) is 3.72. The molecule has 1 atom stereocenters. The summed E-state index contributed by atoms with van der Waals surface area (Å²) in [5.41, 5.74) is 3.48. The van der Waals surface area contributed by atoms with Crippen LogP contribution < -0.4 is 0 Å². The number of alkyl halides is 1. The maximum Gasteiger partial charge on any atom is 0.320 e. The molecule has 0 aliphatic heterocycles. The van der Waals surface area contributed by atoms with Gasteiger partial charge in [-0.15, -0.1) is 0 Å². The first-order valence-corrected chi connectivity index (χ1v) is 7.57. The predicted molar refractivity (Wildman–Crippen MR) is 84.9 cm³/mol. The molecule has 2 aromatic carbocycles. The SMILES string of the molecule is CCOC(=O)C(Br)Cc1ccc(-c2ccccc2)cc1. The van der Waals surface area contributed by atoms with Crippen molar-refractivity contribution >= 4 is 21.9 Å². The van der Waals surface area contributed by atoms with Crippen LogP contribution in [0.4, 0.5) is 0 Å². The van der Waals surface area contributed by atoms with Gasteiger partial charge in [0.2, 0.25) is 0 Å². The summed E-state index contributed by atoms with van der Waals surface area (Å²) in [6.07, 6.45) is 0.633. The van der Waals surface area contributed by atoms with E-state index in [0.717, 1.165) is 5.56 Å². The number of halogens is 1. The normalized spacial score (nSPS) is 11.9. The van der Waals surface area contributed by atoms with Crippen LogP contribution in [0, 0.1) is 0 Å². The summed E-state index contributed by atoms with van der Waals surface area (Å²) in [6.45, 7) is 2.22. The molecule has 0 aliphatic carbocycles. The van der Waals surface area contributed by atoms with Crippen LogP contribution in [0.1, 0.15) is 12.5 Å². The van der Waals surface area contributed by atoms with Gasteiger partial charge in [0.15, 0.2) is 0 Å². The van der Waals surface area contributed by atoms with Crippen LogP contribution in [0.25, 0.3) is 11.1 Å². The summed E-state index contributed by atoms with van der Waals surface area (Å²) in [7, 11) is 0. The summed E-state index contributed by atoms with van der Waals surface area (Å²) in [4.78, 5) is 11.3. The van der Waals surface area contributed by atoms with E-state index in [0.29, 0.717) is 13.0 Å². The molecular formula is C17H17BrO2. The van der Waals surface area contributed by atoms with Crippen molar-refractivity contribution in [1.82, 2.24) is 0 Å². The Labute approximate surface area is 127 Å². The molecule has 20 heavy (non-hydrogen) atoms. The minimum absolute atomic E-state index is 0.209. The Morgan fingerprint density at radius 1 is 1.05 bits per heavy atom. The molecule has 0 aliphatic rings. The lowest BCUT2D eigenvalue weighted by Crippen LogP contribution is -2.19. The van der Waals surface area contributed by atoms with Gasteiger partial charge in [0, 0.05) is 0 Å². The highest BCUT2D eigenvalue weighted by atomic mass is 79.9. The number of ether oxygens (including phenoxy) is 1. The Bertz CT molecular complexity index is 549. The van der Waals surface area contributed by atoms with E-state index < -0.39 is 0 Å². The van der Waals surface area contributed by atoms with Gasteiger partial charge in [-0.1, -0.05) is 70.5 Å². The van der Waals surface area contributed by atoms with Crippen molar-refractivity contribution in [2.75, 3.05) is 6.61 Å². The van der Waals surface area contributed by atoms with E-state index in [1.165, 1.54) is 11.1 Å². The fraction of sp³-hybridized carbons (Fsp3) is 0.235. The van der Waals surface area contributed by atoms with Crippen LogP contribution >= 0.6 is 15.9 Å². The first kappa shape index (κ1) is 14.8. The van der Waals surface area contributed by atoms with Crippen LogP contribution in [-0.4, -0.2) is 17.4 Å². The lowest BCUT2D eigenvalue weighted by Gasteiger charge is -2.09. The topological polar surface area (TPSA) is 26.3 Å². The van der Waals surface area contributed by atoms with Crippen molar-refractivity contribution in [3.05, 3.63) is 60.2 Å². The number of hydrogen-bond acceptors (Lipinski definition) is 2. The number of carbonyl (C=O) groups excluding carboxylic acids is 1. The minimum atomic E-state index is -0.287. The molecule has 104 valence electrons. The standard InChI is InChI=1S/C17H17BrO2/c1-2-20-17(19)16(18)12-13-8-10-15(11-9-13)14-6-4-3-5-7-14/h3-11,16H,2,12H2,1H3. The fourth-order valence-electron chi connectivity index (χ4n) is 1.99. The second kappa shape index (κ2) is 7.25. The van der Waals surface area contributed by atoms with E-state index in [9.17, 15) is 4.79 Å². The minimum Gasteiger partial charge on any atom is -0.465 e. The van der Waals surface area contributed by atoms with Gasteiger partial charge in [-0.2, -0.15) is 0 Å². The largest absolute Gasteiger partial charge is 0.465 e. The monoisotopic (exact) mass is 332 g/mol. The van der Waals surface area contributed by atoms with Crippen LogP contribution in [0.2, 0.25) is 0 Å². The smallest absolute Gasteiger partial charge is 0.320 e. The van der Waals surface area contributed by atoms with Crippen molar-refractivity contribution in [2.24, 2.45) is 0 Å². The van der Waals surface area contributed by atoms with Crippen LogP contribution in [-0.2, 0) is 16.0 Å². The summed E-state index contributed by atoms with van der Waals surface area (Å²) >= 11 is 3.37. The van der Waals surface area contributed by atoms with Crippen molar-refractivity contribution in [3.8, 4) is 11.1 Å². The van der Waals surface area contributed by atoms with Gasteiger partial charge in [-0.25, -0.2) is 0 Å². The molecule has 0 saturated heterocycles. The van der Waals surface area contributed by atoms with Crippen molar-refractivity contribution in [2.45, 2.75) is 18.2 Å². The number of esters is 1. The number of benzene rings is 2. The van der Waals surface area contributed by atoms with E-state index in [-0.39, 0.29) is 10.8 Å². The average molecular weight is 333 g/mol. The zero-order valence-corrected chi connectivity index (χ0v) is 13.0. The second-order valence-electron chi connectivity index (χ2n) is 4.49. The highest BCUT2D eigenvalue weighted by molar-refractivity contribution is 9.10. The van der Waals surface area contributed by atoms with E-state index in [1.807, 2.05) is 25.1 Å². The lowest BCUT2D eigenvalue weighted by molar-refractivity contribution is -0.142. The predicted octanol–water partition coefficient (Wildman–Crippen LogP) is 4.22. The van der Waals surface area contributed by atoms with Crippen LogP contribution in [0.15, 0.2) is 54.6 Å². The molecule has 2 nitrogen and oxygen atoms in total. The molecule has 0 amide bonds. The summed E-state index contributed by atoms with van der Waals surface area (Å²) in [5, 5.41) is 0. The van der Waals surface area contributed by atoms with Crippen molar-refractivity contribution in [3.63, 3.8) is 0 Å². The Kier molecular flexibility index (Phi) is 5.36. The Morgan fingerprint density at radius 2 is 1.65 bits per heavy atom. The number of hydrogen-bond donors (Lipinski definition) is 0. The number of carbonyl (C=O) groups is 1. The molecule has 0 N–H and O–H groups in total. The molecule has 0 saturated carbocycles. The maximum absolute atomic E-state index is 11.6. The fourth-order valence-corrected chi connectivity index (χ4v) is 2.49. The summed E-state index contributed by atoms with van der Waals surface area (Å²) in [5.74, 6) is -0.209. The second-order valence-corrected chi connectivity index (χ2v) is 5.59. The van der Waals surface area contributed by atoms with Gasteiger partial charge in [0.25, 0.3) is 0 Å². The number of rotatable bonds is 5. The zero-order chi connectivity index (χ0) is 14.4. The van der Waals surface area contributed by atoms with E-state index in [1.54, 1.807) is 0 Å². The molecule has 1 unspecified atom stereocenters. The highest BCUT2D eigenvalue weighted by Crippen LogP contribution is 2.20. The average Bonchev–Trinajstić information content (AvgIpc) is 2.49. The van der Waals surface area contributed by atoms with Crippen LogP contribution in [0.5, 0.6) is 0 Å². The van der Waals surface area contributed by atoms with Gasteiger partial charge >= 0.3 is 5.97 Å². The van der Waals surface area contributed by atoms with Crippen molar-refractivity contribution < 1.29 is 9.53 Å². The molecule has 0 spiro atoms. The molecule has 0 aromatic heterocycles. The van der Waals surface area contributed by atoms with Gasteiger partial charge in [0.1, 0.15) is 4.83 Å². The molecule has 0 bridgehead atoms. The molecular weight excluding hydrogens is 316 g/mol. The molecule has 0 fully saturated rings. The zero-order valence-electron chi connectivity index (χ0n) is 11.4. The van der Waals surface area contributed by atoms with E-state index in [4.69, 9.17) is 4.74 Å². The van der Waals surface area contributed by atoms with Crippen molar-refractivity contribution in [1.29, 1.82) is 0 Å². The molecule has 3 heteroatoms. The Morgan fingerprint density at radius 3 is 2.25 bits per heavy atom. The van der Waals surface area contributed by atoms with E-state index in [2.05, 4.69) is 52.3 Å². The molecule has 2 rings (SSSR count). The molecule has 0 radical (unpaired) electrons. The lowest BCUT2D eigenvalue weighted by atomic mass is 10.0. The molecule has 2 aromatic rings. The Hall–Kier alpha value is -1.61. The van der Waals surface area contributed by atoms with Gasteiger partial charge < -0.3 is 4.74 Å². The first-order chi connectivity index (χ1) is 9.70. The third-order valence-electron chi connectivity index (χ3n) is 3.02. The van der Waals surface area contributed by atoms with Gasteiger partial charge in [-0.3, -0.25) is 4.79 Å². The molecule has 0 heterocycles. The summed E-state index contributed by atoms with van der Waals surface area (Å²) < 4.78 is 4.98. The maximum atomic E-state index is 11.6. The van der Waals surface area contributed by atoms with Gasteiger partial charge in [-0.05, 0) is 30.0 Å². The highest BCUT2D eigenvalue weighted by Gasteiger charge is 2.16. The van der Waals surface area contributed by atoms with E-state index >= 15 is 0 Å². The first-order valence-electron chi connectivity index (χ1n) is 6.65. The Balaban J connectivity index is 2.04. The van der Waals surface area contributed by atoms with Gasteiger partial charge in [0.05, 0.1) is 6.61 Å². The quantitative estimate of drug-likeness (QED) is 0.605. The summed E-state index contributed by atoms with van der Waals surface area (Å²) in [6, 6.07) is 18.5. The third kappa shape index (κ3) is 3.94. The van der Waals surface area contributed by atoms with Crippen LogP contribution in [0.3, 0.4) is 0 Å².